The number of alkyl halides is 2. The van der Waals surface area contributed by atoms with Gasteiger partial charge in [0.2, 0.25) is 9.84 Å². The highest BCUT2D eigenvalue weighted by molar-refractivity contribution is 7.99. The number of benzene rings is 4. The van der Waals surface area contributed by atoms with Gasteiger partial charge < -0.3 is 19.9 Å². The number of carbonyl (C=O) groups excluding carboxylic acids is 1. The van der Waals surface area contributed by atoms with Gasteiger partial charge in [0.1, 0.15) is 0 Å². The van der Waals surface area contributed by atoms with E-state index in [-0.39, 0.29) is 17.3 Å². The molecule has 2 aliphatic heterocycles. The van der Waals surface area contributed by atoms with Crippen molar-refractivity contribution in [3.63, 3.8) is 0 Å². The number of nitrogens with one attached hydrogen (secondary N) is 2. The molecule has 0 spiro atoms. The van der Waals surface area contributed by atoms with Crippen LogP contribution >= 0.6 is 23.4 Å². The minimum Gasteiger partial charge on any atom is -0.380 e. The number of sulfonamides is 1. The number of carbonyl (C=O) groups is 1. The Labute approximate surface area is 354 Å². The highest BCUT2D eigenvalue weighted by atomic mass is 35.5. The summed E-state index contributed by atoms with van der Waals surface area (Å²) in [7, 11) is -6.19. The van der Waals surface area contributed by atoms with Gasteiger partial charge in [0.15, 0.2) is 0 Å². The number of piperazine rings is 1. The first-order valence-electron chi connectivity index (χ1n) is 19.1. The van der Waals surface area contributed by atoms with Gasteiger partial charge in [0.05, 0.1) is 28.7 Å². The van der Waals surface area contributed by atoms with Gasteiger partial charge in [-0.3, -0.25) is 9.69 Å². The molecule has 1 amide bonds. The first kappa shape index (κ1) is 44.5. The Hall–Kier alpha value is -4.03. The van der Waals surface area contributed by atoms with E-state index in [4.69, 9.17) is 16.3 Å². The fourth-order valence-corrected chi connectivity index (χ4v) is 10.0. The van der Waals surface area contributed by atoms with Gasteiger partial charge in [-0.25, -0.2) is 21.6 Å². The maximum Gasteiger partial charge on any atom is 0.341 e. The maximum atomic E-state index is 14.0. The van der Waals surface area contributed by atoms with E-state index in [9.17, 15) is 30.4 Å². The van der Waals surface area contributed by atoms with E-state index >= 15 is 0 Å². The molecular formula is C42H48ClF2N5O6S3. The Balaban J connectivity index is 1.10. The van der Waals surface area contributed by atoms with Crippen LogP contribution in [-0.4, -0.2) is 117 Å². The highest BCUT2D eigenvalue weighted by Gasteiger charge is 2.32. The number of hydrogen-bond acceptors (Lipinski definition) is 11. The Bertz CT molecular complexity index is 2310. The fourth-order valence-electron chi connectivity index (χ4n) is 6.94. The smallest absolute Gasteiger partial charge is 0.341 e. The summed E-state index contributed by atoms with van der Waals surface area (Å²) < 4.78 is 88.6. The van der Waals surface area contributed by atoms with E-state index in [0.29, 0.717) is 43.0 Å². The summed E-state index contributed by atoms with van der Waals surface area (Å²) in [5.74, 6) is -4.30. The lowest BCUT2D eigenvalue weighted by atomic mass is 9.95. The summed E-state index contributed by atoms with van der Waals surface area (Å²) in [6, 6.07) is 26.5. The van der Waals surface area contributed by atoms with Crippen LogP contribution in [0.15, 0.2) is 117 Å². The topological polar surface area (TPSA) is 128 Å². The fraction of sp³-hybridized carbons (Fsp3) is 0.357. The Morgan fingerprint density at radius 1 is 0.915 bits per heavy atom. The molecule has 1 atom stereocenters. The Morgan fingerprint density at radius 3 is 2.27 bits per heavy atom. The monoisotopic (exact) mass is 887 g/mol. The second-order valence-corrected chi connectivity index (χ2v) is 19.8. The van der Waals surface area contributed by atoms with Crippen molar-refractivity contribution in [3.8, 4) is 0 Å². The maximum absolute atomic E-state index is 14.0. The summed E-state index contributed by atoms with van der Waals surface area (Å²) in [5.41, 5.74) is 4.47. The lowest BCUT2D eigenvalue weighted by Gasteiger charge is -2.37. The van der Waals surface area contributed by atoms with E-state index in [0.717, 1.165) is 67.4 Å². The van der Waals surface area contributed by atoms with Gasteiger partial charge >= 0.3 is 5.76 Å². The average molecular weight is 889 g/mol. The molecule has 2 N–H and O–H groups in total. The minimum absolute atomic E-state index is 0.0493. The van der Waals surface area contributed by atoms with Crippen molar-refractivity contribution >= 4 is 66.1 Å². The third-order valence-electron chi connectivity index (χ3n) is 10.2. The number of ether oxygens (including phenoxy) is 1. The van der Waals surface area contributed by atoms with Crippen LogP contribution in [0.1, 0.15) is 28.8 Å². The molecule has 0 aromatic heterocycles. The number of nitrogens with zero attached hydrogens (tertiary/aromatic N) is 3. The quantitative estimate of drug-likeness (QED) is 0.107. The van der Waals surface area contributed by atoms with Gasteiger partial charge in [0.25, 0.3) is 15.9 Å². The van der Waals surface area contributed by atoms with Crippen LogP contribution in [0.5, 0.6) is 0 Å². The zero-order valence-electron chi connectivity index (χ0n) is 32.8. The predicted molar refractivity (Wildman–Crippen MR) is 231 cm³/mol. The average Bonchev–Trinajstić information content (AvgIpc) is 3.23. The molecule has 2 aliphatic rings. The van der Waals surface area contributed by atoms with Crippen LogP contribution in [0.4, 0.5) is 20.2 Å². The minimum atomic E-state index is -5.27. The van der Waals surface area contributed by atoms with Crippen molar-refractivity contribution < 1.29 is 35.1 Å². The summed E-state index contributed by atoms with van der Waals surface area (Å²) in [6.45, 7) is 5.75. The molecule has 0 saturated carbocycles. The molecule has 1 saturated heterocycles. The van der Waals surface area contributed by atoms with Gasteiger partial charge in [0, 0.05) is 65.7 Å². The molecule has 316 valence electrons. The van der Waals surface area contributed by atoms with Crippen LogP contribution in [-0.2, 0) is 24.6 Å². The molecule has 2 heterocycles. The van der Waals surface area contributed by atoms with Crippen LogP contribution in [0.25, 0.3) is 5.57 Å². The van der Waals surface area contributed by atoms with Gasteiger partial charge in [-0.2, -0.15) is 8.78 Å². The van der Waals surface area contributed by atoms with Crippen LogP contribution in [0.2, 0.25) is 5.02 Å². The molecule has 59 heavy (non-hydrogen) atoms. The first-order valence-corrected chi connectivity index (χ1v) is 23.5. The summed E-state index contributed by atoms with van der Waals surface area (Å²) >= 11 is 7.63. The molecule has 17 heteroatoms. The number of thioether (sulfide) groups is 1. The summed E-state index contributed by atoms with van der Waals surface area (Å²) in [6.07, 6.45) is 1.38. The van der Waals surface area contributed by atoms with E-state index in [2.05, 4.69) is 15.1 Å². The predicted octanol–water partition coefficient (Wildman–Crippen LogP) is 6.98. The molecule has 4 aromatic rings. The summed E-state index contributed by atoms with van der Waals surface area (Å²) in [5, 5.41) is 3.78. The highest BCUT2D eigenvalue weighted by Crippen LogP contribution is 2.32. The third-order valence-corrected chi connectivity index (χ3v) is 14.4. The normalized spacial score (nSPS) is 16.1. The number of halogens is 3. The number of amides is 1. The standard InChI is InChI=1S/C42H48ClF2N5O6S3/c1-48(2)20-18-34(29-57-36-6-4-3-5-7-36)46-39-17-16-37(26-40(39)58(52,53)42(44)45)59(54,55)47-41(51)31-10-14-35(15-11-31)50-23-21-49(22-24-50)27-32-28-56-25-19-38(32)30-8-12-33(43)13-9-30/h3-17,26,34,42,46H,18-25,27-29H2,1-2H3,(H,47,51)/t34-/m1/s1. The van der Waals surface area contributed by atoms with Crippen LogP contribution < -0.4 is 14.9 Å². The first-order chi connectivity index (χ1) is 28.2. The molecule has 6 rings (SSSR count). The largest absolute Gasteiger partial charge is 0.380 e. The van der Waals surface area contributed by atoms with Crippen LogP contribution in [0, 0.1) is 0 Å². The number of anilines is 2. The lowest BCUT2D eigenvalue weighted by molar-refractivity contribution is 0.0981. The van der Waals surface area contributed by atoms with Gasteiger partial charge in [-0.1, -0.05) is 41.9 Å². The SMILES string of the molecule is CN(C)CC[C@H](CSc1ccccc1)Nc1ccc(S(=O)(=O)NC(=O)c2ccc(N3CCN(CC4=C(c5ccc(Cl)cc5)CCOC4)CC3)cc2)cc1S(=O)(=O)C(F)F. The molecule has 0 bridgehead atoms. The second-order valence-electron chi connectivity index (χ2n) is 14.7. The molecule has 4 aromatic carbocycles. The van der Waals surface area contributed by atoms with Crippen LogP contribution in [0.3, 0.4) is 0 Å². The molecule has 0 radical (unpaired) electrons. The number of hydrogen-bond donors (Lipinski definition) is 2. The second kappa shape index (κ2) is 20.0. The zero-order chi connectivity index (χ0) is 42.2. The van der Waals surface area contributed by atoms with Crippen molar-refractivity contribution in [2.75, 3.05) is 82.5 Å². The zero-order valence-corrected chi connectivity index (χ0v) is 36.0. The van der Waals surface area contributed by atoms with Gasteiger partial charge in [-0.15, -0.1) is 11.8 Å². The number of rotatable bonds is 17. The molecule has 1 fully saturated rings. The van der Waals surface area contributed by atoms with Crippen molar-refractivity contribution in [2.45, 2.75) is 39.3 Å². The molecule has 11 nitrogen and oxygen atoms in total. The van der Waals surface area contributed by atoms with Gasteiger partial charge in [-0.05, 0) is 117 Å². The third kappa shape index (κ3) is 11.8. The molecule has 0 unspecified atom stereocenters. The van der Waals surface area contributed by atoms with E-state index in [1.807, 2.05) is 78.3 Å². The van der Waals surface area contributed by atoms with Crippen molar-refractivity contribution in [2.24, 2.45) is 0 Å². The molecular weight excluding hydrogens is 840 g/mol. The number of sulfone groups is 1. The van der Waals surface area contributed by atoms with Crippen molar-refractivity contribution in [3.05, 3.63) is 119 Å². The Morgan fingerprint density at radius 2 is 1.61 bits per heavy atom. The Kier molecular flexibility index (Phi) is 15.1. The van der Waals surface area contributed by atoms with E-state index in [1.54, 1.807) is 12.1 Å². The van der Waals surface area contributed by atoms with Crippen molar-refractivity contribution in [1.82, 2.24) is 14.5 Å². The van der Waals surface area contributed by atoms with E-state index in [1.165, 1.54) is 35.0 Å². The molecule has 0 aliphatic carbocycles. The lowest BCUT2D eigenvalue weighted by Crippen LogP contribution is -2.47. The van der Waals surface area contributed by atoms with Crippen molar-refractivity contribution in [1.29, 1.82) is 0 Å². The summed E-state index contributed by atoms with van der Waals surface area (Å²) in [4.78, 5) is 19.2. The van der Waals surface area contributed by atoms with E-state index < -0.39 is 41.3 Å².